The van der Waals surface area contributed by atoms with E-state index in [1.54, 1.807) is 18.2 Å². The molecule has 2 aromatic rings. The summed E-state index contributed by atoms with van der Waals surface area (Å²) in [6, 6.07) is 11.3. The molecule has 1 heterocycles. The van der Waals surface area contributed by atoms with Gasteiger partial charge in [0.25, 0.3) is 0 Å². The van der Waals surface area contributed by atoms with Crippen molar-refractivity contribution in [2.24, 2.45) is 0 Å². The molecule has 5 nitrogen and oxygen atoms in total. The minimum Gasteiger partial charge on any atom is -0.463 e. The lowest BCUT2D eigenvalue weighted by molar-refractivity contribution is 0.0563. The van der Waals surface area contributed by atoms with Crippen LogP contribution in [0.3, 0.4) is 0 Å². The van der Waals surface area contributed by atoms with Crippen molar-refractivity contribution in [3.05, 3.63) is 59.0 Å². The van der Waals surface area contributed by atoms with E-state index in [0.717, 1.165) is 11.1 Å². The van der Waals surface area contributed by atoms with Gasteiger partial charge in [0.05, 0.1) is 25.0 Å². The molecule has 1 unspecified atom stereocenters. The number of carbonyl (C=O) groups is 1. The molecule has 5 heteroatoms. The fraction of sp³-hybridized carbons (Fsp3) is 0.250. The van der Waals surface area contributed by atoms with Gasteiger partial charge in [-0.2, -0.15) is 5.26 Å². The largest absolute Gasteiger partial charge is 0.463 e. The molecule has 1 aromatic carbocycles. The van der Waals surface area contributed by atoms with Crippen molar-refractivity contribution in [2.45, 2.75) is 19.5 Å². The highest BCUT2D eigenvalue weighted by Crippen LogP contribution is 2.16. The number of rotatable bonds is 5. The van der Waals surface area contributed by atoms with Crippen molar-refractivity contribution in [2.75, 3.05) is 7.11 Å². The number of esters is 1. The molecule has 0 radical (unpaired) electrons. The summed E-state index contributed by atoms with van der Waals surface area (Å²) >= 11 is 0. The first-order valence-electron chi connectivity index (χ1n) is 6.54. The van der Waals surface area contributed by atoms with Gasteiger partial charge in [0.1, 0.15) is 0 Å². The average Bonchev–Trinajstić information content (AvgIpc) is 3.00. The minimum absolute atomic E-state index is 0.0816. The zero-order valence-electron chi connectivity index (χ0n) is 11.9. The molecule has 108 valence electrons. The number of methoxy groups -OCH3 is 1. The summed E-state index contributed by atoms with van der Waals surface area (Å²) in [6.07, 6.45) is 1.47. The van der Waals surface area contributed by atoms with Gasteiger partial charge in [-0.15, -0.1) is 0 Å². The quantitative estimate of drug-likeness (QED) is 0.854. The summed E-state index contributed by atoms with van der Waals surface area (Å²) < 4.78 is 9.80. The van der Waals surface area contributed by atoms with Gasteiger partial charge in [-0.3, -0.25) is 0 Å². The highest BCUT2D eigenvalue weighted by atomic mass is 16.5. The molecule has 0 aliphatic carbocycles. The summed E-state index contributed by atoms with van der Waals surface area (Å²) in [6.45, 7) is 2.50. The van der Waals surface area contributed by atoms with E-state index in [2.05, 4.69) is 16.1 Å². The number of nitrogens with one attached hydrogen (secondary N) is 1. The fourth-order valence-electron chi connectivity index (χ4n) is 1.97. The van der Waals surface area contributed by atoms with Gasteiger partial charge in [0, 0.05) is 18.2 Å². The first-order chi connectivity index (χ1) is 10.2. The number of hydrogen-bond donors (Lipinski definition) is 1. The summed E-state index contributed by atoms with van der Waals surface area (Å²) in [4.78, 5) is 11.5. The predicted octanol–water partition coefficient (Wildman–Crippen LogP) is 2.79. The standard InChI is InChI=1S/C16H16N2O3/c1-11(13-5-3-12(9-17)4-6-13)18-10-14-7-8-21-15(14)16(19)20-2/h3-8,11,18H,10H2,1-2H3. The molecule has 0 saturated heterocycles. The monoisotopic (exact) mass is 284 g/mol. The smallest absolute Gasteiger partial charge is 0.374 e. The molecule has 0 amide bonds. The van der Waals surface area contributed by atoms with E-state index in [1.807, 2.05) is 19.1 Å². The summed E-state index contributed by atoms with van der Waals surface area (Å²) in [7, 11) is 1.32. The van der Waals surface area contributed by atoms with E-state index in [-0.39, 0.29) is 11.8 Å². The fourth-order valence-corrected chi connectivity index (χ4v) is 1.97. The van der Waals surface area contributed by atoms with Crippen LogP contribution in [0.4, 0.5) is 0 Å². The number of carbonyl (C=O) groups excluding carboxylic acids is 1. The highest BCUT2D eigenvalue weighted by Gasteiger charge is 2.16. The molecular weight excluding hydrogens is 268 g/mol. The molecule has 1 aromatic heterocycles. The van der Waals surface area contributed by atoms with Gasteiger partial charge < -0.3 is 14.5 Å². The van der Waals surface area contributed by atoms with Crippen LogP contribution in [0, 0.1) is 11.3 Å². The Bertz CT molecular complexity index is 653. The van der Waals surface area contributed by atoms with Crippen LogP contribution in [0.2, 0.25) is 0 Å². The van der Waals surface area contributed by atoms with Gasteiger partial charge >= 0.3 is 5.97 Å². The van der Waals surface area contributed by atoms with E-state index in [9.17, 15) is 4.79 Å². The summed E-state index contributed by atoms with van der Waals surface area (Å²) in [5.41, 5.74) is 2.45. The van der Waals surface area contributed by atoms with Gasteiger partial charge in [0.15, 0.2) is 0 Å². The van der Waals surface area contributed by atoms with Crippen molar-refractivity contribution in [3.63, 3.8) is 0 Å². The number of nitrogens with zero attached hydrogens (tertiary/aromatic N) is 1. The van der Waals surface area contributed by atoms with Crippen molar-refractivity contribution >= 4 is 5.97 Å². The topological polar surface area (TPSA) is 75.3 Å². The van der Waals surface area contributed by atoms with Crippen LogP contribution < -0.4 is 5.32 Å². The molecule has 0 aliphatic rings. The average molecular weight is 284 g/mol. The zero-order chi connectivity index (χ0) is 15.2. The Morgan fingerprint density at radius 2 is 2.10 bits per heavy atom. The Morgan fingerprint density at radius 1 is 1.38 bits per heavy atom. The molecule has 0 saturated carbocycles. The van der Waals surface area contributed by atoms with E-state index < -0.39 is 5.97 Å². The Kier molecular flexibility index (Phi) is 4.75. The number of hydrogen-bond acceptors (Lipinski definition) is 5. The lowest BCUT2D eigenvalue weighted by Crippen LogP contribution is -2.19. The van der Waals surface area contributed by atoms with Crippen molar-refractivity contribution in [1.29, 1.82) is 5.26 Å². The van der Waals surface area contributed by atoms with E-state index in [1.165, 1.54) is 13.4 Å². The summed E-state index contributed by atoms with van der Waals surface area (Å²) in [5, 5.41) is 12.1. The second-order valence-corrected chi connectivity index (χ2v) is 4.60. The Labute approximate surface area is 123 Å². The van der Waals surface area contributed by atoms with Crippen LogP contribution in [0.25, 0.3) is 0 Å². The third kappa shape index (κ3) is 3.50. The highest BCUT2D eigenvalue weighted by molar-refractivity contribution is 5.87. The third-order valence-corrected chi connectivity index (χ3v) is 3.26. The van der Waals surface area contributed by atoms with Crippen molar-refractivity contribution in [3.8, 4) is 6.07 Å². The van der Waals surface area contributed by atoms with Gasteiger partial charge in [-0.05, 0) is 30.7 Å². The van der Waals surface area contributed by atoms with E-state index in [4.69, 9.17) is 9.68 Å². The van der Waals surface area contributed by atoms with Crippen LogP contribution >= 0.6 is 0 Å². The first-order valence-corrected chi connectivity index (χ1v) is 6.54. The van der Waals surface area contributed by atoms with Crippen molar-refractivity contribution in [1.82, 2.24) is 5.32 Å². The SMILES string of the molecule is COC(=O)c1occc1CNC(C)c1ccc(C#N)cc1. The van der Waals surface area contributed by atoms with Gasteiger partial charge in [-0.1, -0.05) is 12.1 Å². The molecular formula is C16H16N2O3. The zero-order valence-corrected chi connectivity index (χ0v) is 11.9. The lowest BCUT2D eigenvalue weighted by Gasteiger charge is -2.14. The van der Waals surface area contributed by atoms with E-state index >= 15 is 0 Å². The number of furan rings is 1. The molecule has 21 heavy (non-hydrogen) atoms. The van der Waals surface area contributed by atoms with Gasteiger partial charge in [0.2, 0.25) is 5.76 Å². The maximum absolute atomic E-state index is 11.5. The molecule has 0 bridgehead atoms. The second-order valence-electron chi connectivity index (χ2n) is 4.60. The minimum atomic E-state index is -0.483. The third-order valence-electron chi connectivity index (χ3n) is 3.26. The Morgan fingerprint density at radius 3 is 2.71 bits per heavy atom. The van der Waals surface area contributed by atoms with Gasteiger partial charge in [-0.25, -0.2) is 4.79 Å². The molecule has 0 spiro atoms. The van der Waals surface area contributed by atoms with Crippen LogP contribution in [0.5, 0.6) is 0 Å². The molecule has 1 N–H and O–H groups in total. The molecule has 1 atom stereocenters. The second kappa shape index (κ2) is 6.73. The normalized spacial score (nSPS) is 11.7. The molecule has 0 aliphatic heterocycles. The number of ether oxygens (including phenoxy) is 1. The Balaban J connectivity index is 2.01. The van der Waals surface area contributed by atoms with Crippen molar-refractivity contribution < 1.29 is 13.9 Å². The maximum Gasteiger partial charge on any atom is 0.374 e. The molecule has 2 rings (SSSR count). The first kappa shape index (κ1) is 14.8. The Hall–Kier alpha value is -2.58. The number of benzene rings is 1. The number of nitriles is 1. The van der Waals surface area contributed by atoms with Crippen LogP contribution in [0.15, 0.2) is 41.0 Å². The molecule has 0 fully saturated rings. The van der Waals surface area contributed by atoms with Crippen LogP contribution in [-0.4, -0.2) is 13.1 Å². The summed E-state index contributed by atoms with van der Waals surface area (Å²) in [5.74, 6) is -0.264. The lowest BCUT2D eigenvalue weighted by atomic mass is 10.1. The van der Waals surface area contributed by atoms with Crippen LogP contribution in [0.1, 0.15) is 40.2 Å². The van der Waals surface area contributed by atoms with E-state index in [0.29, 0.717) is 12.1 Å². The predicted molar refractivity (Wildman–Crippen MR) is 76.5 cm³/mol. The van der Waals surface area contributed by atoms with Crippen LogP contribution in [-0.2, 0) is 11.3 Å². The maximum atomic E-state index is 11.5.